The molecule has 4 amide bonds. The van der Waals surface area contributed by atoms with Gasteiger partial charge in [0.15, 0.2) is 12.2 Å². The van der Waals surface area contributed by atoms with Gasteiger partial charge in [-0.15, -0.1) is 0 Å². The average molecular weight is 971 g/mol. The van der Waals surface area contributed by atoms with Gasteiger partial charge < -0.3 is 62.7 Å². The SMILES string of the molecule is CCCOC(CC(NC(=O)OC(C)(C)C)C(=O)OC)C(=O)OC.CCCOC1CC(C(=O)OC)N(C(=O)OC(C)(C)C)C1=O.COC(=O)C(CC(OCC[18F])C(=O)OC)NC(=O)OC(C)(C)C. The van der Waals surface area contributed by atoms with Crippen LogP contribution in [0.2, 0.25) is 0 Å². The third-order valence-corrected chi connectivity index (χ3v) is 7.95. The van der Waals surface area contributed by atoms with E-state index in [0.29, 0.717) is 19.6 Å². The predicted molar refractivity (Wildman–Crippen MR) is 233 cm³/mol. The van der Waals surface area contributed by atoms with Crippen molar-refractivity contribution in [2.24, 2.45) is 0 Å². The molecule has 0 aliphatic carbocycles. The maximum atomic E-state index is 12.3. The highest BCUT2D eigenvalue weighted by Crippen LogP contribution is 2.26. The van der Waals surface area contributed by atoms with E-state index in [0.717, 1.165) is 25.5 Å². The lowest BCUT2D eigenvalue weighted by Gasteiger charge is -2.26. The molecule has 6 unspecified atom stereocenters. The van der Waals surface area contributed by atoms with Gasteiger partial charge in [0.1, 0.15) is 47.7 Å². The molecule has 1 aliphatic heterocycles. The van der Waals surface area contributed by atoms with Crippen molar-refractivity contribution < 1.29 is 99.6 Å². The Balaban J connectivity index is 0. The molecule has 0 aromatic carbocycles. The first kappa shape index (κ1) is 63.7. The van der Waals surface area contributed by atoms with Crippen LogP contribution in [-0.2, 0) is 80.9 Å². The summed E-state index contributed by atoms with van der Waals surface area (Å²) in [6.45, 7) is 18.4. The second-order valence-corrected chi connectivity index (χ2v) is 17.2. The van der Waals surface area contributed by atoms with Crippen molar-refractivity contribution >= 4 is 54.0 Å². The number of methoxy groups -OCH3 is 5. The molecular formula is C43H74FN3O20. The molecule has 24 heteroatoms. The quantitative estimate of drug-likeness (QED) is 0.129. The Morgan fingerprint density at radius 1 is 0.597 bits per heavy atom. The molecule has 1 rings (SSSR count). The second kappa shape index (κ2) is 31.6. The Labute approximate surface area is 392 Å². The summed E-state index contributed by atoms with van der Waals surface area (Å²) in [6, 6.07) is -3.30. The monoisotopic (exact) mass is 970 g/mol. The number of carbonyl (C=O) groups is 9. The Morgan fingerprint density at radius 2 is 0.985 bits per heavy atom. The minimum absolute atomic E-state index is 0.0880. The van der Waals surface area contributed by atoms with E-state index in [9.17, 15) is 47.5 Å². The van der Waals surface area contributed by atoms with Crippen LogP contribution in [0.5, 0.6) is 0 Å². The van der Waals surface area contributed by atoms with Crippen LogP contribution in [0.3, 0.4) is 0 Å². The average Bonchev–Trinajstić information content (AvgIpc) is 3.57. The molecule has 0 saturated carbocycles. The number of likely N-dealkylation sites (tertiary alicyclic amines) is 1. The minimum atomic E-state index is -1.23. The van der Waals surface area contributed by atoms with E-state index >= 15 is 0 Å². The van der Waals surface area contributed by atoms with E-state index in [-0.39, 0.29) is 25.9 Å². The number of amides is 4. The van der Waals surface area contributed by atoms with Crippen LogP contribution in [0, 0.1) is 0 Å². The Bertz CT molecular complexity index is 1520. The van der Waals surface area contributed by atoms with E-state index < -0.39 is 114 Å². The van der Waals surface area contributed by atoms with Crippen molar-refractivity contribution in [3.63, 3.8) is 0 Å². The number of carbonyl (C=O) groups excluding carboxylic acids is 9. The van der Waals surface area contributed by atoms with Crippen LogP contribution >= 0.6 is 0 Å². The highest BCUT2D eigenvalue weighted by molar-refractivity contribution is 6.01. The molecule has 0 bridgehead atoms. The standard InChI is InChI=1S/C15H27NO7.C14H24FNO7.C14H23NO6/c1-7-8-22-11(13(18)21-6)9-10(12(17)20-5)16-14(19)23-15(2,3)4;1-14(2,3)23-13(19)16-9(11(17)20-4)8-10(12(18)21-5)22-7-6-15;1-6-7-20-10-8-9(12(17)19-5)15(11(10)16)13(18)21-14(2,3)4/h10-11H,7-9H2,1-6H3,(H,16,19);9-10H,6-8H2,1-5H3,(H,16,19);9-10H,6-8H2,1-5H3/i;15-1;. The van der Waals surface area contributed by atoms with Crippen LogP contribution in [-0.4, -0.2) is 174 Å². The predicted octanol–water partition coefficient (Wildman–Crippen LogP) is 3.87. The summed E-state index contributed by atoms with van der Waals surface area (Å²) in [6.07, 6.45) is -4.41. The van der Waals surface area contributed by atoms with Crippen molar-refractivity contribution in [3.05, 3.63) is 0 Å². The zero-order valence-corrected chi connectivity index (χ0v) is 41.8. The molecule has 0 spiro atoms. The molecule has 23 nitrogen and oxygen atoms in total. The first-order chi connectivity index (χ1) is 31.0. The van der Waals surface area contributed by atoms with Gasteiger partial charge in [0, 0.05) is 32.5 Å². The number of alkyl halides is 1. The van der Waals surface area contributed by atoms with Gasteiger partial charge in [0.05, 0.1) is 42.2 Å². The second-order valence-electron chi connectivity index (χ2n) is 17.2. The maximum Gasteiger partial charge on any atom is 0.417 e. The molecule has 1 fully saturated rings. The summed E-state index contributed by atoms with van der Waals surface area (Å²) in [5, 5.41) is 4.68. The first-order valence-electron chi connectivity index (χ1n) is 21.3. The van der Waals surface area contributed by atoms with E-state index in [4.69, 9.17) is 28.4 Å². The van der Waals surface area contributed by atoms with Crippen molar-refractivity contribution in [2.45, 2.75) is 162 Å². The molecule has 0 radical (unpaired) electrons. The largest absolute Gasteiger partial charge is 0.467 e. The molecule has 1 aliphatic rings. The van der Waals surface area contributed by atoms with Crippen LogP contribution in [0.25, 0.3) is 0 Å². The lowest BCUT2D eigenvalue weighted by atomic mass is 10.1. The number of hydrogen-bond acceptors (Lipinski definition) is 20. The normalized spacial score (nSPS) is 16.4. The van der Waals surface area contributed by atoms with Gasteiger partial charge in [-0.3, -0.25) is 4.79 Å². The van der Waals surface area contributed by atoms with Gasteiger partial charge in [-0.25, -0.2) is 47.6 Å². The summed E-state index contributed by atoms with van der Waals surface area (Å²) >= 11 is 0. The fourth-order valence-electron chi connectivity index (χ4n) is 5.20. The molecule has 2 N–H and O–H groups in total. The van der Waals surface area contributed by atoms with Crippen molar-refractivity contribution in [2.75, 3.05) is 62.0 Å². The number of esters is 5. The summed E-state index contributed by atoms with van der Waals surface area (Å²) in [7, 11) is 5.87. The number of ether oxygens (including phenoxy) is 11. The number of hydrogen-bond donors (Lipinski definition) is 2. The van der Waals surface area contributed by atoms with Gasteiger partial charge in [0.2, 0.25) is 0 Å². The van der Waals surface area contributed by atoms with E-state index in [1.54, 1.807) is 62.3 Å². The Hall–Kier alpha value is -5.36. The number of rotatable bonds is 20. The topological polar surface area (TPSA) is 282 Å². The Morgan fingerprint density at radius 3 is 1.31 bits per heavy atom. The minimum Gasteiger partial charge on any atom is -0.467 e. The van der Waals surface area contributed by atoms with E-state index in [2.05, 4.69) is 34.3 Å². The smallest absolute Gasteiger partial charge is 0.417 e. The third kappa shape index (κ3) is 27.1. The van der Waals surface area contributed by atoms with Crippen LogP contribution in [0.4, 0.5) is 18.8 Å². The lowest BCUT2D eigenvalue weighted by Crippen LogP contribution is -2.47. The van der Waals surface area contributed by atoms with Crippen LogP contribution in [0.1, 0.15) is 108 Å². The van der Waals surface area contributed by atoms with Gasteiger partial charge in [-0.1, -0.05) is 13.8 Å². The van der Waals surface area contributed by atoms with Crippen molar-refractivity contribution in [1.82, 2.24) is 15.5 Å². The fourth-order valence-corrected chi connectivity index (χ4v) is 5.20. The third-order valence-electron chi connectivity index (χ3n) is 7.95. The maximum absolute atomic E-state index is 12.3. The highest BCUT2D eigenvalue weighted by Gasteiger charge is 2.49. The number of halogens is 1. The van der Waals surface area contributed by atoms with E-state index in [1.165, 1.54) is 21.3 Å². The van der Waals surface area contributed by atoms with Crippen LogP contribution in [0.15, 0.2) is 0 Å². The van der Waals surface area contributed by atoms with Crippen molar-refractivity contribution in [3.8, 4) is 0 Å². The van der Waals surface area contributed by atoms with Gasteiger partial charge in [-0.2, -0.15) is 0 Å². The van der Waals surface area contributed by atoms with Crippen LogP contribution < -0.4 is 10.6 Å². The number of imide groups is 1. The first-order valence-corrected chi connectivity index (χ1v) is 21.3. The summed E-state index contributed by atoms with van der Waals surface area (Å²) in [5.41, 5.74) is -2.25. The van der Waals surface area contributed by atoms with Gasteiger partial charge in [-0.05, 0) is 75.2 Å². The number of alkyl carbamates (subject to hydrolysis) is 2. The molecule has 0 aromatic heterocycles. The lowest BCUT2D eigenvalue weighted by molar-refractivity contribution is -0.157. The zero-order chi connectivity index (χ0) is 52.3. The molecule has 1 heterocycles. The van der Waals surface area contributed by atoms with Gasteiger partial charge in [0.25, 0.3) is 5.91 Å². The molecule has 67 heavy (non-hydrogen) atoms. The summed E-state index contributed by atoms with van der Waals surface area (Å²) in [5.74, 6) is -4.14. The van der Waals surface area contributed by atoms with E-state index in [1.807, 2.05) is 13.8 Å². The number of nitrogens with zero attached hydrogens (tertiary/aromatic N) is 1. The number of nitrogens with one attached hydrogen (secondary N) is 2. The highest BCUT2D eigenvalue weighted by atomic mass is 18.2. The molecule has 1 saturated heterocycles. The fraction of sp³-hybridized carbons (Fsp3) is 0.791. The van der Waals surface area contributed by atoms with Gasteiger partial charge >= 0.3 is 48.1 Å². The molecular weight excluding hydrogens is 896 g/mol. The summed E-state index contributed by atoms with van der Waals surface area (Å²) < 4.78 is 66.3. The molecule has 388 valence electrons. The Kier molecular flexibility index (Phi) is 30.0. The van der Waals surface area contributed by atoms with Crippen molar-refractivity contribution in [1.29, 1.82) is 0 Å². The summed E-state index contributed by atoms with van der Waals surface area (Å²) in [4.78, 5) is 108. The molecule has 0 aromatic rings. The zero-order valence-electron chi connectivity index (χ0n) is 41.8. The molecule has 6 atom stereocenters.